The highest BCUT2D eigenvalue weighted by Gasteiger charge is 2.25. The number of hydrogen-bond donors (Lipinski definition) is 1. The number of aromatic nitrogens is 2. The minimum atomic E-state index is -0.696. The number of piperidine rings is 1. The van der Waals surface area contributed by atoms with Gasteiger partial charge in [0.15, 0.2) is 0 Å². The predicted molar refractivity (Wildman–Crippen MR) is 75.4 cm³/mol. The maximum atomic E-state index is 10.9. The van der Waals surface area contributed by atoms with Gasteiger partial charge in [0.2, 0.25) is 11.7 Å². The lowest BCUT2D eigenvalue weighted by Crippen LogP contribution is -2.35. The number of likely N-dealkylation sites (tertiary alicyclic amines) is 1. The Labute approximate surface area is 122 Å². The van der Waals surface area contributed by atoms with Crippen molar-refractivity contribution in [3.05, 3.63) is 36.2 Å². The van der Waals surface area contributed by atoms with Crippen LogP contribution in [0, 0.1) is 5.92 Å². The first-order chi connectivity index (χ1) is 10.2. The van der Waals surface area contributed by atoms with Gasteiger partial charge in [0.25, 0.3) is 0 Å². The van der Waals surface area contributed by atoms with Crippen LogP contribution in [-0.2, 0) is 11.3 Å². The monoisotopic (exact) mass is 287 g/mol. The van der Waals surface area contributed by atoms with Gasteiger partial charge in [0.05, 0.1) is 12.5 Å². The Hall–Kier alpha value is -2.21. The first-order valence-corrected chi connectivity index (χ1v) is 7.05. The van der Waals surface area contributed by atoms with Gasteiger partial charge in [-0.3, -0.25) is 9.69 Å². The number of hydrogen-bond acceptors (Lipinski definition) is 5. The fourth-order valence-corrected chi connectivity index (χ4v) is 2.55. The van der Waals surface area contributed by atoms with Crippen LogP contribution in [0.5, 0.6) is 0 Å². The lowest BCUT2D eigenvalue weighted by molar-refractivity contribution is -0.143. The Morgan fingerprint density at radius 3 is 2.67 bits per heavy atom. The second-order valence-electron chi connectivity index (χ2n) is 5.27. The fourth-order valence-electron chi connectivity index (χ4n) is 2.55. The molecule has 2 aromatic rings. The summed E-state index contributed by atoms with van der Waals surface area (Å²) in [5, 5.41) is 13.0. The van der Waals surface area contributed by atoms with Crippen LogP contribution in [0.15, 0.2) is 34.9 Å². The van der Waals surface area contributed by atoms with Gasteiger partial charge in [-0.25, -0.2) is 0 Å². The molecule has 3 rings (SSSR count). The highest BCUT2D eigenvalue weighted by atomic mass is 16.5. The van der Waals surface area contributed by atoms with Crippen molar-refractivity contribution in [2.75, 3.05) is 13.1 Å². The zero-order valence-electron chi connectivity index (χ0n) is 11.6. The van der Waals surface area contributed by atoms with E-state index in [-0.39, 0.29) is 5.92 Å². The van der Waals surface area contributed by atoms with Crippen LogP contribution in [0.2, 0.25) is 0 Å². The average molecular weight is 287 g/mol. The molecule has 0 saturated carbocycles. The summed E-state index contributed by atoms with van der Waals surface area (Å²) >= 11 is 0. The molecule has 1 N–H and O–H groups in total. The van der Waals surface area contributed by atoms with Gasteiger partial charge in [-0.05, 0) is 25.9 Å². The average Bonchev–Trinajstić information content (AvgIpc) is 2.97. The number of carbonyl (C=O) groups is 1. The largest absolute Gasteiger partial charge is 0.481 e. The van der Waals surface area contributed by atoms with Crippen molar-refractivity contribution < 1.29 is 14.4 Å². The highest BCUT2D eigenvalue weighted by molar-refractivity contribution is 5.70. The Bertz CT molecular complexity index is 604. The fraction of sp³-hybridized carbons (Fsp3) is 0.400. The summed E-state index contributed by atoms with van der Waals surface area (Å²) in [7, 11) is 0. The van der Waals surface area contributed by atoms with E-state index in [1.165, 1.54) is 0 Å². The van der Waals surface area contributed by atoms with Crippen LogP contribution >= 0.6 is 0 Å². The molecule has 6 heteroatoms. The lowest BCUT2D eigenvalue weighted by Gasteiger charge is -2.28. The van der Waals surface area contributed by atoms with Crippen molar-refractivity contribution in [2.24, 2.45) is 5.92 Å². The van der Waals surface area contributed by atoms with Gasteiger partial charge < -0.3 is 9.63 Å². The molecule has 0 unspecified atom stereocenters. The van der Waals surface area contributed by atoms with E-state index < -0.39 is 5.97 Å². The number of carboxylic acid groups (broad SMARTS) is 1. The third kappa shape index (κ3) is 3.28. The molecule has 0 bridgehead atoms. The molecule has 6 nitrogen and oxygen atoms in total. The topological polar surface area (TPSA) is 79.5 Å². The summed E-state index contributed by atoms with van der Waals surface area (Å²) in [5.41, 5.74) is 0.928. The van der Waals surface area contributed by atoms with E-state index in [0.29, 0.717) is 31.1 Å². The van der Waals surface area contributed by atoms with Crippen molar-refractivity contribution in [3.8, 4) is 11.4 Å². The van der Waals surface area contributed by atoms with Crippen LogP contribution in [0.25, 0.3) is 11.4 Å². The smallest absolute Gasteiger partial charge is 0.306 e. The van der Waals surface area contributed by atoms with Gasteiger partial charge in [-0.15, -0.1) is 0 Å². The van der Waals surface area contributed by atoms with E-state index in [0.717, 1.165) is 18.7 Å². The van der Waals surface area contributed by atoms with E-state index in [4.69, 9.17) is 9.63 Å². The second-order valence-corrected chi connectivity index (χ2v) is 5.27. The van der Waals surface area contributed by atoms with Crippen molar-refractivity contribution >= 4 is 5.97 Å². The molecule has 1 aromatic heterocycles. The summed E-state index contributed by atoms with van der Waals surface area (Å²) in [4.78, 5) is 17.5. The standard InChI is InChI=1S/C15H17N3O3/c19-15(20)12-6-8-18(9-7-12)10-13-16-14(17-21-13)11-4-2-1-3-5-11/h1-5,12H,6-10H2,(H,19,20). The third-order valence-electron chi connectivity index (χ3n) is 3.80. The summed E-state index contributed by atoms with van der Waals surface area (Å²) in [6.45, 7) is 2.08. The predicted octanol–water partition coefficient (Wildman–Crippen LogP) is 2.03. The molecule has 1 fully saturated rings. The molecule has 0 atom stereocenters. The van der Waals surface area contributed by atoms with Crippen LogP contribution in [0.4, 0.5) is 0 Å². The van der Waals surface area contributed by atoms with Gasteiger partial charge in [0, 0.05) is 5.56 Å². The Kier molecular flexibility index (Phi) is 3.96. The third-order valence-corrected chi connectivity index (χ3v) is 3.80. The van der Waals surface area contributed by atoms with Crippen LogP contribution < -0.4 is 0 Å². The molecule has 1 saturated heterocycles. The second kappa shape index (κ2) is 6.05. The molecule has 1 aromatic carbocycles. The van der Waals surface area contributed by atoms with Gasteiger partial charge >= 0.3 is 5.97 Å². The maximum Gasteiger partial charge on any atom is 0.306 e. The Morgan fingerprint density at radius 2 is 2.00 bits per heavy atom. The minimum Gasteiger partial charge on any atom is -0.481 e. The number of benzene rings is 1. The molecule has 0 spiro atoms. The number of carboxylic acids is 1. The highest BCUT2D eigenvalue weighted by Crippen LogP contribution is 2.20. The van der Waals surface area contributed by atoms with E-state index >= 15 is 0 Å². The van der Waals surface area contributed by atoms with Crippen LogP contribution in [0.1, 0.15) is 18.7 Å². The first kappa shape index (κ1) is 13.8. The minimum absolute atomic E-state index is 0.219. The Balaban J connectivity index is 1.60. The van der Waals surface area contributed by atoms with Gasteiger partial charge in [0.1, 0.15) is 0 Å². The van der Waals surface area contributed by atoms with Crippen molar-refractivity contribution in [2.45, 2.75) is 19.4 Å². The van der Waals surface area contributed by atoms with E-state index in [1.807, 2.05) is 30.3 Å². The lowest BCUT2D eigenvalue weighted by atomic mass is 9.97. The summed E-state index contributed by atoms with van der Waals surface area (Å²) in [6.07, 6.45) is 1.35. The molecular formula is C15H17N3O3. The van der Waals surface area contributed by atoms with Gasteiger partial charge in [-0.2, -0.15) is 4.98 Å². The van der Waals surface area contributed by atoms with E-state index in [1.54, 1.807) is 0 Å². The number of aliphatic carboxylic acids is 1. The number of nitrogens with zero attached hydrogens (tertiary/aromatic N) is 3. The molecule has 0 amide bonds. The number of rotatable bonds is 4. The molecule has 110 valence electrons. The molecule has 21 heavy (non-hydrogen) atoms. The van der Waals surface area contributed by atoms with E-state index in [2.05, 4.69) is 15.0 Å². The molecule has 0 aliphatic carbocycles. The van der Waals surface area contributed by atoms with Gasteiger partial charge in [-0.1, -0.05) is 35.5 Å². The van der Waals surface area contributed by atoms with Crippen molar-refractivity contribution in [3.63, 3.8) is 0 Å². The SMILES string of the molecule is O=C(O)C1CCN(Cc2nc(-c3ccccc3)no2)CC1. The van der Waals surface area contributed by atoms with Crippen LogP contribution in [0.3, 0.4) is 0 Å². The van der Waals surface area contributed by atoms with Crippen LogP contribution in [-0.4, -0.2) is 39.2 Å². The molecule has 1 aliphatic heterocycles. The molecular weight excluding hydrogens is 270 g/mol. The van der Waals surface area contributed by atoms with E-state index in [9.17, 15) is 4.79 Å². The normalized spacial score (nSPS) is 17.0. The zero-order valence-corrected chi connectivity index (χ0v) is 11.6. The quantitative estimate of drug-likeness (QED) is 0.927. The molecule has 0 radical (unpaired) electrons. The first-order valence-electron chi connectivity index (χ1n) is 7.05. The molecule has 1 aliphatic rings. The summed E-state index contributed by atoms with van der Waals surface area (Å²) < 4.78 is 5.28. The summed E-state index contributed by atoms with van der Waals surface area (Å²) in [6, 6.07) is 9.68. The molecule has 2 heterocycles. The maximum absolute atomic E-state index is 10.9. The zero-order chi connectivity index (χ0) is 14.7. The van der Waals surface area contributed by atoms with Crippen molar-refractivity contribution in [1.29, 1.82) is 0 Å². The Morgan fingerprint density at radius 1 is 1.29 bits per heavy atom. The summed E-state index contributed by atoms with van der Waals surface area (Å²) in [5.74, 6) is 0.247. The van der Waals surface area contributed by atoms with Crippen molar-refractivity contribution in [1.82, 2.24) is 15.0 Å².